The fourth-order valence-corrected chi connectivity index (χ4v) is 5.90. The van der Waals surface area contributed by atoms with E-state index in [1.807, 2.05) is 12.1 Å². The number of aromatic nitrogens is 1. The molecule has 0 bridgehead atoms. The third-order valence-electron chi connectivity index (χ3n) is 4.69. The Morgan fingerprint density at radius 3 is 2.79 bits per heavy atom. The van der Waals surface area contributed by atoms with E-state index in [0.29, 0.717) is 17.9 Å². The fourth-order valence-electron chi connectivity index (χ4n) is 3.04. The molecule has 1 heterocycles. The number of thiazole rings is 1. The molecule has 1 atom stereocenters. The molecule has 0 saturated heterocycles. The lowest BCUT2D eigenvalue weighted by Crippen LogP contribution is -2.37. The Bertz CT molecular complexity index is 1280. The van der Waals surface area contributed by atoms with E-state index < -0.39 is 28.5 Å². The molecule has 0 spiro atoms. The molecule has 9 nitrogen and oxygen atoms in total. The highest BCUT2D eigenvalue weighted by molar-refractivity contribution is 7.98. The van der Waals surface area contributed by atoms with Gasteiger partial charge in [-0.25, -0.2) is 18.1 Å². The summed E-state index contributed by atoms with van der Waals surface area (Å²) in [4.78, 5) is 38.2. The Labute approximate surface area is 205 Å². The highest BCUT2D eigenvalue weighted by atomic mass is 32.2. The van der Waals surface area contributed by atoms with Crippen LogP contribution in [0.25, 0.3) is 10.2 Å². The van der Waals surface area contributed by atoms with Gasteiger partial charge in [-0.15, -0.1) is 11.3 Å². The van der Waals surface area contributed by atoms with E-state index in [-0.39, 0.29) is 17.1 Å². The average molecular weight is 522 g/mol. The van der Waals surface area contributed by atoms with Gasteiger partial charge in [0, 0.05) is 17.9 Å². The molecule has 0 aliphatic heterocycles. The van der Waals surface area contributed by atoms with Crippen molar-refractivity contribution in [2.75, 3.05) is 12.3 Å². The van der Waals surface area contributed by atoms with E-state index >= 15 is 0 Å². The number of hydrogen-bond acceptors (Lipinski definition) is 8. The van der Waals surface area contributed by atoms with Gasteiger partial charge in [0.05, 0.1) is 33.1 Å². The number of carboxylic acid groups (broad SMARTS) is 1. The zero-order valence-corrected chi connectivity index (χ0v) is 20.4. The lowest BCUT2D eigenvalue weighted by Gasteiger charge is -2.12. The number of amides is 1. The van der Waals surface area contributed by atoms with Gasteiger partial charge in [-0.1, -0.05) is 12.1 Å². The van der Waals surface area contributed by atoms with Crippen molar-refractivity contribution in [1.29, 1.82) is 0 Å². The van der Waals surface area contributed by atoms with Crippen molar-refractivity contribution in [3.8, 4) is 0 Å². The molecule has 34 heavy (non-hydrogen) atoms. The van der Waals surface area contributed by atoms with Crippen LogP contribution in [0.5, 0.6) is 0 Å². The zero-order valence-electron chi connectivity index (χ0n) is 18.0. The third-order valence-corrected chi connectivity index (χ3v) is 8.08. The molecule has 2 aromatic carbocycles. The van der Waals surface area contributed by atoms with Gasteiger partial charge in [0.1, 0.15) is 6.29 Å². The largest absolute Gasteiger partial charge is 0.481 e. The van der Waals surface area contributed by atoms with Crippen molar-refractivity contribution in [1.82, 2.24) is 15.0 Å². The van der Waals surface area contributed by atoms with Crippen molar-refractivity contribution >= 4 is 61.5 Å². The minimum atomic E-state index is -4.03. The lowest BCUT2D eigenvalue weighted by molar-refractivity contribution is -0.138. The van der Waals surface area contributed by atoms with E-state index in [0.717, 1.165) is 28.0 Å². The molecule has 0 aliphatic carbocycles. The average Bonchev–Trinajstić information content (AvgIpc) is 3.28. The number of carbonyl (C=O) groups is 3. The Kier molecular flexibility index (Phi) is 9.16. The van der Waals surface area contributed by atoms with Crippen LogP contribution in [-0.2, 0) is 25.4 Å². The molecule has 0 radical (unpaired) electrons. The Morgan fingerprint density at radius 2 is 2.03 bits per heavy atom. The van der Waals surface area contributed by atoms with Gasteiger partial charge >= 0.3 is 5.97 Å². The van der Waals surface area contributed by atoms with Crippen molar-refractivity contribution < 1.29 is 27.9 Å². The molecular weight excluding hydrogens is 498 g/mol. The SMILES string of the molecule is O=C[C@H](CC(=O)O)NS(=O)(=O)c1cccc(CSCCCNC(=O)c2ccc3ncsc3c2)c1. The molecule has 1 aromatic heterocycles. The van der Waals surface area contributed by atoms with Crippen LogP contribution >= 0.6 is 23.1 Å². The van der Waals surface area contributed by atoms with Gasteiger partial charge in [-0.3, -0.25) is 9.59 Å². The number of fused-ring (bicyclic) bond motifs is 1. The first-order valence-electron chi connectivity index (χ1n) is 10.3. The monoisotopic (exact) mass is 521 g/mol. The van der Waals surface area contributed by atoms with Crippen LogP contribution in [0.1, 0.15) is 28.8 Å². The van der Waals surface area contributed by atoms with Gasteiger partial charge < -0.3 is 15.2 Å². The third kappa shape index (κ3) is 7.35. The summed E-state index contributed by atoms with van der Waals surface area (Å²) in [6, 6.07) is 10.3. The number of benzene rings is 2. The lowest BCUT2D eigenvalue weighted by atomic mass is 10.2. The summed E-state index contributed by atoms with van der Waals surface area (Å²) in [5.41, 5.74) is 3.98. The van der Waals surface area contributed by atoms with E-state index in [1.54, 1.807) is 35.5 Å². The number of carboxylic acids is 1. The molecule has 12 heteroatoms. The Morgan fingerprint density at radius 1 is 1.21 bits per heavy atom. The number of sulfonamides is 1. The number of rotatable bonds is 13. The van der Waals surface area contributed by atoms with Crippen molar-refractivity contribution in [2.24, 2.45) is 0 Å². The van der Waals surface area contributed by atoms with Crippen LogP contribution < -0.4 is 10.0 Å². The summed E-state index contributed by atoms with van der Waals surface area (Å²) in [7, 11) is -4.03. The Balaban J connectivity index is 1.43. The predicted octanol–water partition coefficient (Wildman–Crippen LogP) is 2.67. The van der Waals surface area contributed by atoms with Gasteiger partial charge in [0.15, 0.2) is 0 Å². The maximum absolute atomic E-state index is 12.5. The molecule has 3 aromatic rings. The molecule has 0 fully saturated rings. The fraction of sp³-hybridized carbons (Fsp3) is 0.273. The summed E-state index contributed by atoms with van der Waals surface area (Å²) in [6.45, 7) is 0.515. The van der Waals surface area contributed by atoms with Gasteiger partial charge in [-0.05, 0) is 48.1 Å². The van der Waals surface area contributed by atoms with Crippen LogP contribution in [0.2, 0.25) is 0 Å². The smallest absolute Gasteiger partial charge is 0.305 e. The normalized spacial score (nSPS) is 12.4. The van der Waals surface area contributed by atoms with Crippen LogP contribution in [0.4, 0.5) is 0 Å². The number of nitrogens with zero attached hydrogens (tertiary/aromatic N) is 1. The quantitative estimate of drug-likeness (QED) is 0.230. The minimum absolute atomic E-state index is 0.0342. The second-order valence-electron chi connectivity index (χ2n) is 7.31. The molecule has 1 amide bonds. The second kappa shape index (κ2) is 12.1. The number of aliphatic carboxylic acids is 1. The zero-order chi connectivity index (χ0) is 24.6. The summed E-state index contributed by atoms with van der Waals surface area (Å²) in [5, 5.41) is 11.7. The standard InChI is InChI=1S/C22H23N3O6S3/c26-12-17(11-21(27)28)25-34(30,31)18-4-1-3-15(9-18)13-32-8-2-7-23-22(29)16-5-6-19-20(10-16)33-14-24-19/h1,3-6,9-10,12,14,17,25H,2,7-8,11,13H2,(H,23,29)(H,27,28)/t17-/m0/s1. The second-order valence-corrected chi connectivity index (χ2v) is 11.0. The van der Waals surface area contributed by atoms with Gasteiger partial charge in [0.2, 0.25) is 10.0 Å². The van der Waals surface area contributed by atoms with Crippen LogP contribution in [0.3, 0.4) is 0 Å². The molecule has 0 saturated carbocycles. The summed E-state index contributed by atoms with van der Waals surface area (Å²) < 4.78 is 28.0. The summed E-state index contributed by atoms with van der Waals surface area (Å²) in [5.74, 6) is -0.0925. The number of thioether (sulfide) groups is 1. The molecule has 3 N–H and O–H groups in total. The van der Waals surface area contributed by atoms with Crippen LogP contribution in [0, 0.1) is 0 Å². The maximum Gasteiger partial charge on any atom is 0.305 e. The Hall–Kier alpha value is -2.80. The molecule has 180 valence electrons. The van der Waals surface area contributed by atoms with E-state index in [1.165, 1.54) is 23.5 Å². The van der Waals surface area contributed by atoms with Gasteiger partial charge in [-0.2, -0.15) is 11.8 Å². The van der Waals surface area contributed by atoms with Crippen molar-refractivity contribution in [3.05, 3.63) is 59.1 Å². The first-order chi connectivity index (χ1) is 16.3. The number of nitrogens with one attached hydrogen (secondary N) is 2. The van der Waals surface area contributed by atoms with Crippen LogP contribution in [-0.4, -0.2) is 55.0 Å². The first kappa shape index (κ1) is 25.8. The van der Waals surface area contributed by atoms with E-state index in [4.69, 9.17) is 5.11 Å². The van der Waals surface area contributed by atoms with Gasteiger partial charge in [0.25, 0.3) is 5.91 Å². The molecule has 3 rings (SSSR count). The molecular formula is C22H23N3O6S3. The molecule has 0 aliphatic rings. The molecule has 0 unspecified atom stereocenters. The maximum atomic E-state index is 12.5. The predicted molar refractivity (Wildman–Crippen MR) is 132 cm³/mol. The summed E-state index contributed by atoms with van der Waals surface area (Å²) >= 11 is 3.08. The number of aldehydes is 1. The topological polar surface area (TPSA) is 143 Å². The first-order valence-corrected chi connectivity index (χ1v) is 13.8. The minimum Gasteiger partial charge on any atom is -0.481 e. The number of hydrogen-bond donors (Lipinski definition) is 3. The van der Waals surface area contributed by atoms with E-state index in [2.05, 4.69) is 15.0 Å². The highest BCUT2D eigenvalue weighted by Gasteiger charge is 2.22. The van der Waals surface area contributed by atoms with E-state index in [9.17, 15) is 22.8 Å². The number of carbonyl (C=O) groups excluding carboxylic acids is 2. The summed E-state index contributed by atoms with van der Waals surface area (Å²) in [6.07, 6.45) is 0.380. The van der Waals surface area contributed by atoms with Crippen LogP contribution in [0.15, 0.2) is 52.9 Å². The highest BCUT2D eigenvalue weighted by Crippen LogP contribution is 2.20. The van der Waals surface area contributed by atoms with Crippen molar-refractivity contribution in [3.63, 3.8) is 0 Å². The van der Waals surface area contributed by atoms with Crippen molar-refractivity contribution in [2.45, 2.75) is 29.5 Å².